The number of para-hydroxylation sites is 1. The average molecular weight is 328 g/mol. The second-order valence-electron chi connectivity index (χ2n) is 5.27. The van der Waals surface area contributed by atoms with Crippen molar-refractivity contribution in [3.8, 4) is 0 Å². The molecule has 1 aliphatic heterocycles. The highest BCUT2D eigenvalue weighted by molar-refractivity contribution is 6.11. The van der Waals surface area contributed by atoms with Crippen molar-refractivity contribution < 1.29 is 14.4 Å². The normalized spacial score (nSPS) is 16.6. The standard InChI is InChI=1S/C15H16N6O3/c1-2-11-18-15(21-20-11)19-12(22)7-10-14(24)16-9-6-4-3-5-8(9)13(23)17-10/h3-6,10H,2,7H2,1H3,(H,16,24)(H,17,23)(H2,18,19,20,21,22)/t10-/m0/s1. The first-order valence-electron chi connectivity index (χ1n) is 7.48. The van der Waals surface area contributed by atoms with Crippen LogP contribution in [0, 0.1) is 0 Å². The number of benzene rings is 1. The van der Waals surface area contributed by atoms with E-state index in [9.17, 15) is 14.4 Å². The molecule has 124 valence electrons. The molecule has 3 amide bonds. The molecule has 0 spiro atoms. The van der Waals surface area contributed by atoms with Crippen LogP contribution in [0.25, 0.3) is 0 Å². The number of H-pyrrole nitrogens is 1. The highest BCUT2D eigenvalue weighted by Crippen LogP contribution is 2.18. The molecular weight excluding hydrogens is 312 g/mol. The second kappa shape index (κ2) is 6.49. The quantitative estimate of drug-likeness (QED) is 0.647. The Labute approximate surface area is 137 Å². The molecule has 0 bridgehead atoms. The average Bonchev–Trinajstić information content (AvgIpc) is 2.97. The summed E-state index contributed by atoms with van der Waals surface area (Å²) in [6.07, 6.45) is 0.434. The number of aromatic amines is 1. The number of hydrogen-bond donors (Lipinski definition) is 4. The molecule has 1 aliphatic rings. The van der Waals surface area contributed by atoms with E-state index in [1.54, 1.807) is 24.3 Å². The maximum absolute atomic E-state index is 12.2. The monoisotopic (exact) mass is 328 g/mol. The van der Waals surface area contributed by atoms with Gasteiger partial charge in [-0.1, -0.05) is 19.1 Å². The van der Waals surface area contributed by atoms with E-state index in [-0.39, 0.29) is 12.4 Å². The fraction of sp³-hybridized carbons (Fsp3) is 0.267. The molecule has 1 atom stereocenters. The van der Waals surface area contributed by atoms with Gasteiger partial charge >= 0.3 is 0 Å². The van der Waals surface area contributed by atoms with Crippen molar-refractivity contribution in [3.05, 3.63) is 35.7 Å². The van der Waals surface area contributed by atoms with E-state index in [1.807, 2.05) is 6.92 Å². The van der Waals surface area contributed by atoms with Crippen LogP contribution in [0.4, 0.5) is 11.6 Å². The molecule has 1 aromatic carbocycles. The number of amides is 3. The Morgan fingerprint density at radius 1 is 1.29 bits per heavy atom. The van der Waals surface area contributed by atoms with E-state index in [1.165, 1.54) is 0 Å². The largest absolute Gasteiger partial charge is 0.340 e. The van der Waals surface area contributed by atoms with Crippen LogP contribution in [0.2, 0.25) is 0 Å². The molecule has 1 aromatic heterocycles. The summed E-state index contributed by atoms with van der Waals surface area (Å²) in [7, 11) is 0. The minimum atomic E-state index is -0.977. The number of anilines is 2. The van der Waals surface area contributed by atoms with Gasteiger partial charge in [0.15, 0.2) is 0 Å². The van der Waals surface area contributed by atoms with Gasteiger partial charge in [-0.2, -0.15) is 4.98 Å². The molecule has 3 rings (SSSR count). The Kier molecular flexibility index (Phi) is 4.23. The van der Waals surface area contributed by atoms with Gasteiger partial charge in [-0.3, -0.25) is 24.8 Å². The molecule has 4 N–H and O–H groups in total. The van der Waals surface area contributed by atoms with Gasteiger partial charge in [-0.25, -0.2) is 0 Å². The number of carbonyl (C=O) groups excluding carboxylic acids is 3. The highest BCUT2D eigenvalue weighted by atomic mass is 16.2. The number of nitrogens with one attached hydrogen (secondary N) is 4. The first kappa shape index (κ1) is 15.7. The van der Waals surface area contributed by atoms with Crippen molar-refractivity contribution in [2.75, 3.05) is 10.6 Å². The molecule has 24 heavy (non-hydrogen) atoms. The molecule has 0 aliphatic carbocycles. The molecule has 2 aromatic rings. The minimum Gasteiger partial charge on any atom is -0.340 e. The minimum absolute atomic E-state index is 0.139. The highest BCUT2D eigenvalue weighted by Gasteiger charge is 2.29. The van der Waals surface area contributed by atoms with Crippen molar-refractivity contribution >= 4 is 29.4 Å². The van der Waals surface area contributed by atoms with Gasteiger partial charge in [0.25, 0.3) is 5.91 Å². The topological polar surface area (TPSA) is 129 Å². The van der Waals surface area contributed by atoms with E-state index in [2.05, 4.69) is 31.1 Å². The van der Waals surface area contributed by atoms with Gasteiger partial charge in [0, 0.05) is 6.42 Å². The van der Waals surface area contributed by atoms with E-state index in [0.29, 0.717) is 23.5 Å². The Balaban J connectivity index is 1.68. The van der Waals surface area contributed by atoms with Gasteiger partial charge in [-0.05, 0) is 12.1 Å². The zero-order valence-corrected chi connectivity index (χ0v) is 12.9. The summed E-state index contributed by atoms with van der Waals surface area (Å²) in [6, 6.07) is 5.68. The SMILES string of the molecule is CCc1nc(NC(=O)C[C@@H]2NC(=O)c3ccccc3NC2=O)n[nH]1. The predicted octanol–water partition coefficient (Wildman–Crippen LogP) is 0.446. The predicted molar refractivity (Wildman–Crippen MR) is 85.3 cm³/mol. The maximum atomic E-state index is 12.2. The third-order valence-corrected chi connectivity index (χ3v) is 3.56. The van der Waals surface area contributed by atoms with Gasteiger partial charge in [0.2, 0.25) is 17.8 Å². The first-order chi connectivity index (χ1) is 11.6. The van der Waals surface area contributed by atoms with Crippen LogP contribution < -0.4 is 16.0 Å². The van der Waals surface area contributed by atoms with Crippen LogP contribution in [0.3, 0.4) is 0 Å². The van der Waals surface area contributed by atoms with Crippen LogP contribution in [-0.4, -0.2) is 38.9 Å². The lowest BCUT2D eigenvalue weighted by atomic mass is 10.1. The molecule has 0 fully saturated rings. The number of carbonyl (C=O) groups is 3. The summed E-state index contributed by atoms with van der Waals surface area (Å²) in [5, 5.41) is 14.2. The number of hydrogen-bond acceptors (Lipinski definition) is 5. The van der Waals surface area contributed by atoms with Crippen LogP contribution in [-0.2, 0) is 16.0 Å². The molecule has 0 unspecified atom stereocenters. The van der Waals surface area contributed by atoms with Crippen LogP contribution >= 0.6 is 0 Å². The Hall–Kier alpha value is -3.23. The lowest BCUT2D eigenvalue weighted by Gasteiger charge is -2.13. The van der Waals surface area contributed by atoms with Gasteiger partial charge < -0.3 is 10.6 Å². The zero-order chi connectivity index (χ0) is 17.1. The van der Waals surface area contributed by atoms with E-state index in [4.69, 9.17) is 0 Å². The number of fused-ring (bicyclic) bond motifs is 1. The Morgan fingerprint density at radius 2 is 2.08 bits per heavy atom. The van der Waals surface area contributed by atoms with E-state index >= 15 is 0 Å². The number of aryl methyl sites for hydroxylation is 1. The fourth-order valence-electron chi connectivity index (χ4n) is 2.33. The molecule has 0 radical (unpaired) electrons. The molecule has 0 saturated carbocycles. The lowest BCUT2D eigenvalue weighted by Crippen LogP contribution is -2.43. The summed E-state index contributed by atoms with van der Waals surface area (Å²) in [6.45, 7) is 1.90. The van der Waals surface area contributed by atoms with Crippen molar-refractivity contribution in [2.45, 2.75) is 25.8 Å². The summed E-state index contributed by atoms with van der Waals surface area (Å²) in [5.41, 5.74) is 0.778. The van der Waals surface area contributed by atoms with Crippen molar-refractivity contribution in [1.82, 2.24) is 20.5 Å². The summed E-state index contributed by atoms with van der Waals surface area (Å²) >= 11 is 0. The van der Waals surface area contributed by atoms with E-state index < -0.39 is 23.8 Å². The van der Waals surface area contributed by atoms with Crippen molar-refractivity contribution in [3.63, 3.8) is 0 Å². The van der Waals surface area contributed by atoms with Crippen LogP contribution in [0.1, 0.15) is 29.5 Å². The second-order valence-corrected chi connectivity index (χ2v) is 5.27. The summed E-state index contributed by atoms with van der Waals surface area (Å²) in [4.78, 5) is 40.5. The van der Waals surface area contributed by atoms with Crippen molar-refractivity contribution in [2.24, 2.45) is 0 Å². The number of rotatable bonds is 4. The Morgan fingerprint density at radius 3 is 2.83 bits per heavy atom. The smallest absolute Gasteiger partial charge is 0.254 e. The number of nitrogens with zero attached hydrogens (tertiary/aromatic N) is 2. The molecule has 9 heteroatoms. The van der Waals surface area contributed by atoms with Gasteiger partial charge in [0.1, 0.15) is 11.9 Å². The van der Waals surface area contributed by atoms with Gasteiger partial charge in [0.05, 0.1) is 17.7 Å². The molecule has 2 heterocycles. The molecular formula is C15H16N6O3. The fourth-order valence-corrected chi connectivity index (χ4v) is 2.33. The maximum Gasteiger partial charge on any atom is 0.254 e. The molecule has 9 nitrogen and oxygen atoms in total. The third-order valence-electron chi connectivity index (χ3n) is 3.56. The first-order valence-corrected chi connectivity index (χ1v) is 7.48. The lowest BCUT2D eigenvalue weighted by molar-refractivity contribution is -0.122. The number of aromatic nitrogens is 3. The summed E-state index contributed by atoms with van der Waals surface area (Å²) in [5.74, 6) is -0.551. The Bertz CT molecular complexity index is 800. The van der Waals surface area contributed by atoms with Crippen LogP contribution in [0.5, 0.6) is 0 Å². The van der Waals surface area contributed by atoms with E-state index in [0.717, 1.165) is 0 Å². The van der Waals surface area contributed by atoms with Gasteiger partial charge in [-0.15, -0.1) is 5.10 Å². The molecule has 0 saturated heterocycles. The van der Waals surface area contributed by atoms with Crippen LogP contribution in [0.15, 0.2) is 24.3 Å². The zero-order valence-electron chi connectivity index (χ0n) is 12.9. The summed E-state index contributed by atoms with van der Waals surface area (Å²) < 4.78 is 0. The van der Waals surface area contributed by atoms with Crippen molar-refractivity contribution in [1.29, 1.82) is 0 Å². The third kappa shape index (κ3) is 3.24.